The standard InChI is InChI=1S/C5H10O.BH3/c1-5-3-2-4-6-5;/h5H,2-4H2,1H3;1H3. The minimum atomic E-state index is 0. The van der Waals surface area contributed by atoms with E-state index < -0.39 is 0 Å². The molecule has 0 aliphatic carbocycles. The van der Waals surface area contributed by atoms with Crippen molar-refractivity contribution < 1.29 is 4.74 Å². The van der Waals surface area contributed by atoms with E-state index in [0.29, 0.717) is 6.10 Å². The van der Waals surface area contributed by atoms with Gasteiger partial charge >= 0.3 is 0 Å². The van der Waals surface area contributed by atoms with Gasteiger partial charge in [-0.3, -0.25) is 0 Å². The minimum absolute atomic E-state index is 0. The van der Waals surface area contributed by atoms with Gasteiger partial charge in [0, 0.05) is 6.61 Å². The molecule has 2 heteroatoms. The summed E-state index contributed by atoms with van der Waals surface area (Å²) in [5, 5.41) is 0. The molecule has 0 bridgehead atoms. The van der Waals surface area contributed by atoms with Crippen LogP contribution in [0.3, 0.4) is 0 Å². The fraction of sp³-hybridized carbons (Fsp3) is 1.00. The highest BCUT2D eigenvalue weighted by Gasteiger charge is 2.07. The van der Waals surface area contributed by atoms with Crippen LogP contribution in [0.4, 0.5) is 0 Å². The van der Waals surface area contributed by atoms with Crippen molar-refractivity contribution in [2.45, 2.75) is 25.9 Å². The van der Waals surface area contributed by atoms with E-state index in [-0.39, 0.29) is 8.41 Å². The summed E-state index contributed by atoms with van der Waals surface area (Å²) < 4.78 is 5.15. The second-order valence-electron chi connectivity index (χ2n) is 1.82. The van der Waals surface area contributed by atoms with Gasteiger partial charge in [0.2, 0.25) is 0 Å². The number of hydrogen-bond acceptors (Lipinski definition) is 1. The molecule has 0 amide bonds. The van der Waals surface area contributed by atoms with Crippen molar-refractivity contribution in [1.29, 1.82) is 0 Å². The molecule has 0 saturated carbocycles. The van der Waals surface area contributed by atoms with Crippen LogP contribution in [0, 0.1) is 0 Å². The molecule has 1 saturated heterocycles. The Hall–Kier alpha value is 0.0249. The van der Waals surface area contributed by atoms with Crippen LogP contribution in [0.5, 0.6) is 0 Å². The Balaban J connectivity index is 0.000000360. The van der Waals surface area contributed by atoms with Crippen LogP contribution in [0.25, 0.3) is 0 Å². The van der Waals surface area contributed by atoms with Crippen molar-refractivity contribution in [3.8, 4) is 0 Å². The molecule has 0 spiro atoms. The van der Waals surface area contributed by atoms with E-state index in [0.717, 1.165) is 6.61 Å². The second-order valence-corrected chi connectivity index (χ2v) is 1.82. The first-order chi connectivity index (χ1) is 2.89. The molecule has 1 aliphatic rings. The Labute approximate surface area is 46.6 Å². The largest absolute Gasteiger partial charge is 0.379 e. The highest BCUT2D eigenvalue weighted by Crippen LogP contribution is 2.09. The van der Waals surface area contributed by atoms with Crippen LogP contribution < -0.4 is 0 Å². The van der Waals surface area contributed by atoms with Gasteiger partial charge < -0.3 is 4.74 Å². The molecule has 1 heterocycles. The highest BCUT2D eigenvalue weighted by atomic mass is 16.5. The predicted octanol–water partition coefficient (Wildman–Crippen LogP) is 0.00140. The summed E-state index contributed by atoms with van der Waals surface area (Å²) in [4.78, 5) is 0. The van der Waals surface area contributed by atoms with E-state index in [1.54, 1.807) is 0 Å². The second kappa shape index (κ2) is 3.08. The van der Waals surface area contributed by atoms with Crippen LogP contribution in [-0.2, 0) is 4.74 Å². The molecule has 1 aliphatic heterocycles. The maximum Gasteiger partial charge on any atom is 0.0814 e. The Morgan fingerprint density at radius 3 is 2.43 bits per heavy atom. The normalized spacial score (nSPS) is 29.6. The lowest BCUT2D eigenvalue weighted by molar-refractivity contribution is 0.125. The van der Waals surface area contributed by atoms with E-state index in [4.69, 9.17) is 4.74 Å². The van der Waals surface area contributed by atoms with Crippen LogP contribution in [-0.4, -0.2) is 21.1 Å². The van der Waals surface area contributed by atoms with Crippen molar-refractivity contribution in [1.82, 2.24) is 0 Å². The van der Waals surface area contributed by atoms with E-state index in [1.165, 1.54) is 12.8 Å². The van der Waals surface area contributed by atoms with Crippen LogP contribution in [0.1, 0.15) is 19.8 Å². The fourth-order valence-electron chi connectivity index (χ4n) is 0.739. The quantitative estimate of drug-likeness (QED) is 0.389. The predicted molar refractivity (Wildman–Crippen MR) is 34.6 cm³/mol. The molecule has 1 atom stereocenters. The lowest BCUT2D eigenvalue weighted by Crippen LogP contribution is -1.94. The number of rotatable bonds is 0. The first-order valence-electron chi connectivity index (χ1n) is 2.51. The molecular weight excluding hydrogens is 86.9 g/mol. The summed E-state index contributed by atoms with van der Waals surface area (Å²) in [5.41, 5.74) is 0. The summed E-state index contributed by atoms with van der Waals surface area (Å²) in [5.74, 6) is 0. The van der Waals surface area contributed by atoms with Crippen molar-refractivity contribution in [2.24, 2.45) is 0 Å². The van der Waals surface area contributed by atoms with Crippen molar-refractivity contribution in [3.05, 3.63) is 0 Å². The summed E-state index contributed by atoms with van der Waals surface area (Å²) in [7, 11) is 0. The molecule has 7 heavy (non-hydrogen) atoms. The molecule has 1 fully saturated rings. The molecular formula is C5H13BO. The molecule has 0 aromatic heterocycles. The van der Waals surface area contributed by atoms with Gasteiger partial charge in [-0.25, -0.2) is 0 Å². The first-order valence-corrected chi connectivity index (χ1v) is 2.51. The van der Waals surface area contributed by atoms with E-state index in [2.05, 4.69) is 6.92 Å². The van der Waals surface area contributed by atoms with E-state index >= 15 is 0 Å². The van der Waals surface area contributed by atoms with Crippen molar-refractivity contribution >= 4 is 8.41 Å². The Morgan fingerprint density at radius 2 is 2.29 bits per heavy atom. The van der Waals surface area contributed by atoms with Gasteiger partial charge in [0.05, 0.1) is 14.5 Å². The Kier molecular flexibility index (Phi) is 3.09. The Bertz CT molecular complexity index is 41.3. The summed E-state index contributed by atoms with van der Waals surface area (Å²) in [6.45, 7) is 3.11. The molecule has 0 aromatic carbocycles. The monoisotopic (exact) mass is 100 g/mol. The zero-order valence-corrected chi connectivity index (χ0v) is 4.11. The van der Waals surface area contributed by atoms with Gasteiger partial charge in [0.15, 0.2) is 0 Å². The molecule has 0 N–H and O–H groups in total. The first kappa shape index (κ1) is 7.02. The van der Waals surface area contributed by atoms with Crippen molar-refractivity contribution in [2.75, 3.05) is 6.61 Å². The van der Waals surface area contributed by atoms with Crippen LogP contribution in [0.2, 0.25) is 0 Å². The molecule has 1 nitrogen and oxygen atoms in total. The van der Waals surface area contributed by atoms with Crippen LogP contribution >= 0.6 is 0 Å². The lowest BCUT2D eigenvalue weighted by atomic mass is 10.3. The van der Waals surface area contributed by atoms with E-state index in [9.17, 15) is 0 Å². The maximum atomic E-state index is 5.15. The average molecular weight is 100.0 g/mol. The topological polar surface area (TPSA) is 9.23 Å². The molecule has 0 aromatic rings. The van der Waals surface area contributed by atoms with Crippen molar-refractivity contribution in [3.63, 3.8) is 0 Å². The molecule has 42 valence electrons. The maximum absolute atomic E-state index is 5.15. The van der Waals surface area contributed by atoms with Gasteiger partial charge in [-0.15, -0.1) is 0 Å². The highest BCUT2D eigenvalue weighted by molar-refractivity contribution is 5.75. The number of ether oxygens (including phenoxy) is 1. The number of hydrogen-bond donors (Lipinski definition) is 0. The van der Waals surface area contributed by atoms with Gasteiger partial charge in [0.1, 0.15) is 0 Å². The molecule has 1 unspecified atom stereocenters. The smallest absolute Gasteiger partial charge is 0.0814 e. The molecule has 0 radical (unpaired) electrons. The fourth-order valence-corrected chi connectivity index (χ4v) is 0.739. The minimum Gasteiger partial charge on any atom is -0.379 e. The summed E-state index contributed by atoms with van der Waals surface area (Å²) in [6.07, 6.45) is 3.08. The van der Waals surface area contributed by atoms with Gasteiger partial charge in [-0.1, -0.05) is 0 Å². The lowest BCUT2D eigenvalue weighted by Gasteiger charge is -1.94. The average Bonchev–Trinajstić information content (AvgIpc) is 1.86. The third-order valence-corrected chi connectivity index (χ3v) is 1.16. The summed E-state index contributed by atoms with van der Waals surface area (Å²) in [6, 6.07) is 0. The zero-order chi connectivity index (χ0) is 4.41. The SMILES string of the molecule is B.CC1CCCO1. The zero-order valence-electron chi connectivity index (χ0n) is 4.11. The Morgan fingerprint density at radius 1 is 1.57 bits per heavy atom. The van der Waals surface area contributed by atoms with Gasteiger partial charge in [0.25, 0.3) is 0 Å². The van der Waals surface area contributed by atoms with Gasteiger partial charge in [-0.2, -0.15) is 0 Å². The van der Waals surface area contributed by atoms with Crippen LogP contribution in [0.15, 0.2) is 0 Å². The summed E-state index contributed by atoms with van der Waals surface area (Å²) >= 11 is 0. The third-order valence-electron chi connectivity index (χ3n) is 1.16. The third kappa shape index (κ3) is 1.98. The molecule has 1 rings (SSSR count). The van der Waals surface area contributed by atoms with Gasteiger partial charge in [-0.05, 0) is 19.8 Å². The van der Waals surface area contributed by atoms with E-state index in [1.807, 2.05) is 0 Å².